The molecule has 0 unspecified atom stereocenters. The van der Waals surface area contributed by atoms with Crippen LogP contribution in [-0.4, -0.2) is 39.9 Å². The van der Waals surface area contributed by atoms with Crippen LogP contribution in [0.25, 0.3) is 0 Å². The van der Waals surface area contributed by atoms with E-state index in [1.54, 1.807) is 24.9 Å². The molecule has 1 amide bonds. The maximum atomic E-state index is 13.3. The number of furan rings is 1. The minimum absolute atomic E-state index is 0.0958. The highest BCUT2D eigenvalue weighted by Crippen LogP contribution is 2.29. The molecule has 2 fully saturated rings. The van der Waals surface area contributed by atoms with E-state index in [4.69, 9.17) is 4.42 Å². The van der Waals surface area contributed by atoms with Crippen LogP contribution >= 0.6 is 0 Å². The van der Waals surface area contributed by atoms with Gasteiger partial charge in [-0.15, -0.1) is 0 Å². The third-order valence-corrected chi connectivity index (χ3v) is 5.67. The van der Waals surface area contributed by atoms with E-state index in [1.807, 2.05) is 12.1 Å². The lowest BCUT2D eigenvalue weighted by atomic mass is 9.94. The third-order valence-electron chi connectivity index (χ3n) is 5.67. The van der Waals surface area contributed by atoms with Crippen LogP contribution in [0.3, 0.4) is 0 Å². The molecule has 0 atom stereocenters. The van der Waals surface area contributed by atoms with Crippen molar-refractivity contribution in [2.75, 3.05) is 18.0 Å². The molecule has 1 aliphatic heterocycles. The molecule has 0 N–H and O–H groups in total. The number of hydrogen-bond donors (Lipinski definition) is 0. The summed E-state index contributed by atoms with van der Waals surface area (Å²) in [7, 11) is 0. The monoisotopic (exact) mass is 354 g/mol. The summed E-state index contributed by atoms with van der Waals surface area (Å²) < 4.78 is 5.52. The Morgan fingerprint density at radius 1 is 1.19 bits per heavy atom. The van der Waals surface area contributed by atoms with Crippen molar-refractivity contribution in [1.29, 1.82) is 0 Å². The molecule has 0 radical (unpaired) electrons. The number of amides is 1. The zero-order valence-electron chi connectivity index (χ0n) is 15.1. The van der Waals surface area contributed by atoms with Gasteiger partial charge in [-0.1, -0.05) is 12.8 Å². The van der Waals surface area contributed by atoms with Crippen molar-refractivity contribution >= 4 is 11.7 Å². The summed E-state index contributed by atoms with van der Waals surface area (Å²) in [6, 6.07) is 4.23. The Morgan fingerprint density at radius 2 is 2.00 bits per heavy atom. The van der Waals surface area contributed by atoms with Gasteiger partial charge in [-0.2, -0.15) is 0 Å². The zero-order chi connectivity index (χ0) is 17.8. The first-order valence-corrected chi connectivity index (χ1v) is 9.65. The van der Waals surface area contributed by atoms with Crippen LogP contribution in [0.4, 0.5) is 5.82 Å². The van der Waals surface area contributed by atoms with E-state index < -0.39 is 0 Å². The SMILES string of the molecule is O=C(C1CCN(c2cnccn2)CC1)N(Cc1ccco1)C1CCCC1. The summed E-state index contributed by atoms with van der Waals surface area (Å²) in [5.74, 6) is 2.18. The number of carbonyl (C=O) groups excluding carboxylic acids is 1. The fourth-order valence-electron chi connectivity index (χ4n) is 4.22. The average Bonchev–Trinajstić information content (AvgIpc) is 3.40. The Bertz CT molecular complexity index is 690. The molecule has 1 aliphatic carbocycles. The molecule has 6 nitrogen and oxygen atoms in total. The molecule has 1 saturated carbocycles. The number of aromatic nitrogens is 2. The van der Waals surface area contributed by atoms with Crippen molar-refractivity contribution in [3.63, 3.8) is 0 Å². The molecular formula is C20H26N4O2. The van der Waals surface area contributed by atoms with Crippen molar-refractivity contribution in [3.8, 4) is 0 Å². The summed E-state index contributed by atoms with van der Waals surface area (Å²) in [6.45, 7) is 2.31. The first-order chi connectivity index (χ1) is 12.8. The molecule has 3 heterocycles. The third kappa shape index (κ3) is 3.74. The fourth-order valence-corrected chi connectivity index (χ4v) is 4.22. The van der Waals surface area contributed by atoms with E-state index in [9.17, 15) is 4.79 Å². The number of anilines is 1. The minimum Gasteiger partial charge on any atom is -0.467 e. The Morgan fingerprint density at radius 3 is 2.65 bits per heavy atom. The second-order valence-electron chi connectivity index (χ2n) is 7.31. The lowest BCUT2D eigenvalue weighted by molar-refractivity contribution is -0.139. The van der Waals surface area contributed by atoms with Gasteiger partial charge in [-0.05, 0) is 37.8 Å². The Kier molecular flexibility index (Phi) is 5.18. The molecular weight excluding hydrogens is 328 g/mol. The number of carbonyl (C=O) groups is 1. The van der Waals surface area contributed by atoms with Gasteiger partial charge in [0.15, 0.2) is 0 Å². The fraction of sp³-hybridized carbons (Fsp3) is 0.550. The van der Waals surface area contributed by atoms with Crippen LogP contribution in [-0.2, 0) is 11.3 Å². The highest BCUT2D eigenvalue weighted by molar-refractivity contribution is 5.79. The van der Waals surface area contributed by atoms with E-state index in [1.165, 1.54) is 12.8 Å². The van der Waals surface area contributed by atoms with Gasteiger partial charge >= 0.3 is 0 Å². The molecule has 26 heavy (non-hydrogen) atoms. The number of nitrogens with zero attached hydrogens (tertiary/aromatic N) is 4. The quantitative estimate of drug-likeness (QED) is 0.825. The Hall–Kier alpha value is -2.37. The second kappa shape index (κ2) is 7.89. The van der Waals surface area contributed by atoms with Crippen LogP contribution in [0.15, 0.2) is 41.4 Å². The van der Waals surface area contributed by atoms with Gasteiger partial charge in [0.1, 0.15) is 11.6 Å². The van der Waals surface area contributed by atoms with E-state index in [2.05, 4.69) is 19.8 Å². The first-order valence-electron chi connectivity index (χ1n) is 9.65. The molecule has 0 bridgehead atoms. The minimum atomic E-state index is 0.0958. The molecule has 1 saturated heterocycles. The summed E-state index contributed by atoms with van der Waals surface area (Å²) in [4.78, 5) is 26.1. The molecule has 0 aromatic carbocycles. The van der Waals surface area contributed by atoms with E-state index in [0.717, 1.165) is 50.4 Å². The van der Waals surface area contributed by atoms with Crippen molar-refractivity contribution in [3.05, 3.63) is 42.7 Å². The van der Waals surface area contributed by atoms with Crippen molar-refractivity contribution in [2.24, 2.45) is 5.92 Å². The van der Waals surface area contributed by atoms with Crippen LogP contribution in [0.2, 0.25) is 0 Å². The number of piperidine rings is 1. The lowest BCUT2D eigenvalue weighted by Gasteiger charge is -2.36. The van der Waals surface area contributed by atoms with Gasteiger partial charge in [0.25, 0.3) is 0 Å². The maximum Gasteiger partial charge on any atom is 0.226 e. The van der Waals surface area contributed by atoms with Crippen molar-refractivity contribution in [1.82, 2.24) is 14.9 Å². The summed E-state index contributed by atoms with van der Waals surface area (Å²) >= 11 is 0. The summed E-state index contributed by atoms with van der Waals surface area (Å²) in [6.07, 6.45) is 13.3. The zero-order valence-corrected chi connectivity index (χ0v) is 15.1. The van der Waals surface area contributed by atoms with Gasteiger partial charge in [0, 0.05) is 37.4 Å². The number of rotatable bonds is 5. The van der Waals surface area contributed by atoms with Gasteiger partial charge in [0.2, 0.25) is 5.91 Å². The van der Waals surface area contributed by atoms with Gasteiger partial charge in [0.05, 0.1) is 19.0 Å². The van der Waals surface area contributed by atoms with Crippen LogP contribution < -0.4 is 4.90 Å². The number of hydrogen-bond acceptors (Lipinski definition) is 5. The highest BCUT2D eigenvalue weighted by atomic mass is 16.3. The van der Waals surface area contributed by atoms with E-state index >= 15 is 0 Å². The second-order valence-corrected chi connectivity index (χ2v) is 7.31. The summed E-state index contributed by atoms with van der Waals surface area (Å²) in [5, 5.41) is 0. The lowest BCUT2D eigenvalue weighted by Crippen LogP contribution is -2.45. The maximum absolute atomic E-state index is 13.3. The molecule has 2 aromatic heterocycles. The predicted molar refractivity (Wildman–Crippen MR) is 98.5 cm³/mol. The molecule has 4 rings (SSSR count). The summed E-state index contributed by atoms with van der Waals surface area (Å²) in [5.41, 5.74) is 0. The normalized spacial score (nSPS) is 19.0. The standard InChI is InChI=1S/C20H26N4O2/c25-20(16-7-11-23(12-8-16)19-14-21-9-10-22-19)24(17-4-1-2-5-17)15-18-6-3-13-26-18/h3,6,9-10,13-14,16-17H,1-2,4-5,7-8,11-12,15H2. The molecule has 2 aromatic rings. The van der Waals surface area contributed by atoms with Crippen LogP contribution in [0, 0.1) is 5.92 Å². The predicted octanol–water partition coefficient (Wildman–Crippen LogP) is 3.26. The first kappa shape index (κ1) is 17.1. The van der Waals surface area contributed by atoms with Crippen LogP contribution in [0.1, 0.15) is 44.3 Å². The van der Waals surface area contributed by atoms with Gasteiger partial charge < -0.3 is 14.2 Å². The van der Waals surface area contributed by atoms with Crippen LogP contribution in [0.5, 0.6) is 0 Å². The van der Waals surface area contributed by atoms with Gasteiger partial charge in [-0.3, -0.25) is 9.78 Å². The van der Waals surface area contributed by atoms with Crippen molar-refractivity contribution in [2.45, 2.75) is 51.1 Å². The van der Waals surface area contributed by atoms with E-state index in [-0.39, 0.29) is 5.92 Å². The molecule has 0 spiro atoms. The molecule has 138 valence electrons. The highest BCUT2D eigenvalue weighted by Gasteiger charge is 2.34. The largest absolute Gasteiger partial charge is 0.467 e. The molecule has 2 aliphatic rings. The van der Waals surface area contributed by atoms with E-state index in [0.29, 0.717) is 18.5 Å². The van der Waals surface area contributed by atoms with Crippen molar-refractivity contribution < 1.29 is 9.21 Å². The topological polar surface area (TPSA) is 62.5 Å². The molecule has 6 heteroatoms. The van der Waals surface area contributed by atoms with Gasteiger partial charge in [-0.25, -0.2) is 4.98 Å². The average molecular weight is 354 g/mol. The Labute approximate surface area is 154 Å². The Balaban J connectivity index is 1.41. The smallest absolute Gasteiger partial charge is 0.226 e.